The fourth-order valence-corrected chi connectivity index (χ4v) is 0.942. The Kier molecular flexibility index (Phi) is 2.25. The standard InChI is InChI=1S/C7H9NO4/c1-12-7(9)4-2-3-6(5-7)8(10)11/h2-3,5,9H,4H2,1H3. The minimum absolute atomic E-state index is 0.148. The zero-order valence-electron chi connectivity index (χ0n) is 6.56. The lowest BCUT2D eigenvalue weighted by atomic mass is 10.1. The second-order valence-corrected chi connectivity index (χ2v) is 2.48. The molecule has 0 fully saturated rings. The molecule has 5 heteroatoms. The highest BCUT2D eigenvalue weighted by Gasteiger charge is 2.29. The highest BCUT2D eigenvalue weighted by Crippen LogP contribution is 2.21. The lowest BCUT2D eigenvalue weighted by Gasteiger charge is -2.22. The van der Waals surface area contributed by atoms with Crippen LogP contribution in [0.5, 0.6) is 0 Å². The second kappa shape index (κ2) is 3.04. The van der Waals surface area contributed by atoms with Crippen molar-refractivity contribution in [2.45, 2.75) is 12.2 Å². The Labute approximate surface area is 69.1 Å². The molecule has 1 N–H and O–H groups in total. The molecule has 1 rings (SSSR count). The van der Waals surface area contributed by atoms with E-state index >= 15 is 0 Å². The van der Waals surface area contributed by atoms with Crippen molar-refractivity contribution < 1.29 is 14.8 Å². The molecule has 1 aliphatic carbocycles. The van der Waals surface area contributed by atoms with Gasteiger partial charge in [-0.1, -0.05) is 6.08 Å². The summed E-state index contributed by atoms with van der Waals surface area (Å²) in [6.45, 7) is 0. The summed E-state index contributed by atoms with van der Waals surface area (Å²) in [6, 6.07) is 0. The van der Waals surface area contributed by atoms with Crippen LogP contribution in [0.3, 0.4) is 0 Å². The van der Waals surface area contributed by atoms with Crippen LogP contribution in [0.1, 0.15) is 6.42 Å². The van der Waals surface area contributed by atoms with Gasteiger partial charge >= 0.3 is 0 Å². The molecule has 0 heterocycles. The van der Waals surface area contributed by atoms with Gasteiger partial charge in [0, 0.05) is 19.6 Å². The number of methoxy groups -OCH3 is 1. The van der Waals surface area contributed by atoms with E-state index in [9.17, 15) is 15.2 Å². The van der Waals surface area contributed by atoms with Crippen LogP contribution < -0.4 is 0 Å². The molecular weight excluding hydrogens is 162 g/mol. The van der Waals surface area contributed by atoms with Crippen molar-refractivity contribution in [1.29, 1.82) is 0 Å². The first-order valence-corrected chi connectivity index (χ1v) is 3.39. The summed E-state index contributed by atoms with van der Waals surface area (Å²) in [4.78, 5) is 9.71. The first-order chi connectivity index (χ1) is 5.57. The molecule has 0 spiro atoms. The van der Waals surface area contributed by atoms with Crippen LogP contribution in [0.4, 0.5) is 0 Å². The minimum atomic E-state index is -1.52. The van der Waals surface area contributed by atoms with E-state index in [4.69, 9.17) is 0 Å². The Balaban J connectivity index is 2.89. The van der Waals surface area contributed by atoms with Gasteiger partial charge in [0.05, 0.1) is 11.0 Å². The maximum atomic E-state index is 10.3. The molecule has 0 aromatic rings. The number of hydrogen-bond donors (Lipinski definition) is 1. The van der Waals surface area contributed by atoms with Gasteiger partial charge in [0.25, 0.3) is 5.70 Å². The van der Waals surface area contributed by atoms with Crippen molar-refractivity contribution >= 4 is 0 Å². The molecule has 1 unspecified atom stereocenters. The molecule has 0 aromatic carbocycles. The molecule has 12 heavy (non-hydrogen) atoms. The molecule has 5 nitrogen and oxygen atoms in total. The molecule has 66 valence electrons. The average molecular weight is 171 g/mol. The molecule has 0 aliphatic heterocycles. The fraction of sp³-hybridized carbons (Fsp3) is 0.429. The number of nitro groups is 1. The maximum Gasteiger partial charge on any atom is 0.270 e. The third-order valence-corrected chi connectivity index (χ3v) is 1.64. The topological polar surface area (TPSA) is 72.6 Å². The third kappa shape index (κ3) is 1.69. The Morgan fingerprint density at radius 2 is 2.50 bits per heavy atom. The van der Waals surface area contributed by atoms with Crippen LogP contribution in [0.2, 0.25) is 0 Å². The molecule has 0 amide bonds. The van der Waals surface area contributed by atoms with E-state index in [-0.39, 0.29) is 12.1 Å². The molecule has 1 atom stereocenters. The predicted molar refractivity (Wildman–Crippen MR) is 40.8 cm³/mol. The quantitative estimate of drug-likeness (QED) is 0.371. The smallest absolute Gasteiger partial charge is 0.270 e. The molecule has 0 saturated heterocycles. The van der Waals surface area contributed by atoms with E-state index in [1.54, 1.807) is 0 Å². The summed E-state index contributed by atoms with van der Waals surface area (Å²) in [5.74, 6) is -1.52. The molecule has 0 bridgehead atoms. The van der Waals surface area contributed by atoms with Crippen LogP contribution in [0.25, 0.3) is 0 Å². The zero-order chi connectivity index (χ0) is 9.19. The Bertz CT molecular complexity index is 258. The van der Waals surface area contributed by atoms with E-state index in [2.05, 4.69) is 4.74 Å². The number of allylic oxidation sites excluding steroid dienone is 1. The maximum absolute atomic E-state index is 10.3. The first kappa shape index (κ1) is 8.89. The van der Waals surface area contributed by atoms with Crippen molar-refractivity contribution in [3.8, 4) is 0 Å². The predicted octanol–water partition coefficient (Wildman–Crippen LogP) is 0.442. The summed E-state index contributed by atoms with van der Waals surface area (Å²) in [5.41, 5.74) is -0.148. The summed E-state index contributed by atoms with van der Waals surface area (Å²) < 4.78 is 4.68. The zero-order valence-corrected chi connectivity index (χ0v) is 6.56. The van der Waals surface area contributed by atoms with Crippen molar-refractivity contribution in [1.82, 2.24) is 0 Å². The van der Waals surface area contributed by atoms with E-state index in [0.717, 1.165) is 6.08 Å². The highest BCUT2D eigenvalue weighted by molar-refractivity contribution is 5.20. The van der Waals surface area contributed by atoms with Crippen LogP contribution in [0.15, 0.2) is 23.9 Å². The number of ether oxygens (including phenoxy) is 1. The Morgan fingerprint density at radius 1 is 1.83 bits per heavy atom. The minimum Gasteiger partial charge on any atom is -0.362 e. The van der Waals surface area contributed by atoms with E-state index in [0.29, 0.717) is 0 Å². The largest absolute Gasteiger partial charge is 0.362 e. The summed E-state index contributed by atoms with van der Waals surface area (Å²) in [7, 11) is 1.30. The van der Waals surface area contributed by atoms with Gasteiger partial charge in [0.15, 0.2) is 5.79 Å². The van der Waals surface area contributed by atoms with Crippen molar-refractivity contribution in [3.63, 3.8) is 0 Å². The molecule has 0 radical (unpaired) electrons. The first-order valence-electron chi connectivity index (χ1n) is 3.39. The number of aliphatic hydroxyl groups is 1. The van der Waals surface area contributed by atoms with Gasteiger partial charge in [-0.15, -0.1) is 0 Å². The van der Waals surface area contributed by atoms with Crippen molar-refractivity contribution in [3.05, 3.63) is 34.0 Å². The normalized spacial score (nSPS) is 28.3. The van der Waals surface area contributed by atoms with Gasteiger partial charge in [0.2, 0.25) is 0 Å². The molecule has 1 aliphatic rings. The van der Waals surface area contributed by atoms with E-state index in [1.165, 1.54) is 19.3 Å². The summed E-state index contributed by atoms with van der Waals surface area (Å²) in [5, 5.41) is 19.7. The lowest BCUT2D eigenvalue weighted by molar-refractivity contribution is -0.421. The van der Waals surface area contributed by atoms with Gasteiger partial charge in [-0.25, -0.2) is 0 Å². The second-order valence-electron chi connectivity index (χ2n) is 2.48. The van der Waals surface area contributed by atoms with Gasteiger partial charge in [-0.2, -0.15) is 0 Å². The number of hydrogen-bond acceptors (Lipinski definition) is 4. The fourth-order valence-electron chi connectivity index (χ4n) is 0.942. The average Bonchev–Trinajstić information content (AvgIpc) is 2.05. The van der Waals surface area contributed by atoms with E-state index < -0.39 is 10.7 Å². The monoisotopic (exact) mass is 171 g/mol. The van der Waals surface area contributed by atoms with E-state index in [1.807, 2.05) is 0 Å². The SMILES string of the molecule is COC1(O)C=C([N+](=O)[O-])C=CC1. The molecular formula is C7H9NO4. The van der Waals surface area contributed by atoms with Gasteiger partial charge in [-0.05, 0) is 0 Å². The third-order valence-electron chi connectivity index (χ3n) is 1.64. The highest BCUT2D eigenvalue weighted by atomic mass is 16.6. The van der Waals surface area contributed by atoms with Crippen LogP contribution in [-0.4, -0.2) is 22.9 Å². The van der Waals surface area contributed by atoms with Crippen LogP contribution >= 0.6 is 0 Å². The van der Waals surface area contributed by atoms with Gasteiger partial charge in [0.1, 0.15) is 0 Å². The summed E-state index contributed by atoms with van der Waals surface area (Å²) >= 11 is 0. The Morgan fingerprint density at radius 3 is 3.00 bits per heavy atom. The molecule has 0 saturated carbocycles. The van der Waals surface area contributed by atoms with Crippen LogP contribution in [0, 0.1) is 10.1 Å². The lowest BCUT2D eigenvalue weighted by Crippen LogP contribution is -2.30. The summed E-state index contributed by atoms with van der Waals surface area (Å²) in [6.07, 6.45) is 4.17. The van der Waals surface area contributed by atoms with Gasteiger partial charge in [-0.3, -0.25) is 10.1 Å². The van der Waals surface area contributed by atoms with Gasteiger partial charge < -0.3 is 9.84 Å². The number of rotatable bonds is 2. The number of nitrogens with zero attached hydrogens (tertiary/aromatic N) is 1. The van der Waals surface area contributed by atoms with Crippen molar-refractivity contribution in [2.75, 3.05) is 7.11 Å². The van der Waals surface area contributed by atoms with Crippen molar-refractivity contribution in [2.24, 2.45) is 0 Å². The Hall–Kier alpha value is -1.20. The van der Waals surface area contributed by atoms with Crippen LogP contribution in [-0.2, 0) is 4.74 Å². The molecule has 0 aromatic heterocycles.